The first-order chi connectivity index (χ1) is 11.6. The molecule has 5 heteroatoms. The van der Waals surface area contributed by atoms with Gasteiger partial charge in [-0.2, -0.15) is 0 Å². The fraction of sp³-hybridized carbons (Fsp3) is 0.158. The molecule has 0 spiro atoms. The zero-order valence-electron chi connectivity index (χ0n) is 13.5. The van der Waals surface area contributed by atoms with E-state index < -0.39 is 0 Å². The Hall–Kier alpha value is -2.66. The van der Waals surface area contributed by atoms with E-state index in [0.717, 1.165) is 26.1 Å². The Labute approximate surface area is 143 Å². The van der Waals surface area contributed by atoms with Gasteiger partial charge < -0.3 is 9.88 Å². The number of para-hydroxylation sites is 2. The molecule has 0 radical (unpaired) electrons. The second kappa shape index (κ2) is 5.76. The number of nitrogens with zero attached hydrogens (tertiary/aromatic N) is 2. The lowest BCUT2D eigenvalue weighted by atomic mass is 10.2. The predicted octanol–water partition coefficient (Wildman–Crippen LogP) is 4.61. The maximum atomic E-state index is 12.8. The molecule has 24 heavy (non-hydrogen) atoms. The minimum Gasteiger partial charge on any atom is -0.351 e. The predicted molar refractivity (Wildman–Crippen MR) is 98.4 cm³/mol. The van der Waals surface area contributed by atoms with Crippen molar-refractivity contribution >= 4 is 38.4 Å². The van der Waals surface area contributed by atoms with Crippen molar-refractivity contribution in [3.05, 3.63) is 65.3 Å². The molecule has 1 N–H and O–H groups in total. The van der Waals surface area contributed by atoms with Crippen molar-refractivity contribution in [1.82, 2.24) is 14.9 Å². The van der Waals surface area contributed by atoms with Gasteiger partial charge in [-0.25, -0.2) is 4.98 Å². The summed E-state index contributed by atoms with van der Waals surface area (Å²) in [5.74, 6) is -0.0297. The Morgan fingerprint density at radius 2 is 1.92 bits per heavy atom. The van der Waals surface area contributed by atoms with Crippen molar-refractivity contribution in [1.29, 1.82) is 0 Å². The highest BCUT2D eigenvalue weighted by molar-refractivity contribution is 7.18. The Morgan fingerprint density at radius 1 is 1.17 bits per heavy atom. The van der Waals surface area contributed by atoms with Crippen molar-refractivity contribution in [3.63, 3.8) is 0 Å². The summed E-state index contributed by atoms with van der Waals surface area (Å²) >= 11 is 1.64. The molecule has 4 rings (SSSR count). The molecule has 2 heterocycles. The van der Waals surface area contributed by atoms with Gasteiger partial charge >= 0.3 is 0 Å². The monoisotopic (exact) mass is 335 g/mol. The standard InChI is InChI=1S/C19H17N3OS/c1-12(18-21-15-9-5-6-10-17(15)24-18)22(2)19(23)16-11-13-7-3-4-8-14(13)20-16/h3-12,20H,1-2H3. The van der Waals surface area contributed by atoms with E-state index in [4.69, 9.17) is 0 Å². The molecule has 0 saturated heterocycles. The molecule has 2 aromatic heterocycles. The summed E-state index contributed by atoms with van der Waals surface area (Å²) in [6, 6.07) is 17.8. The van der Waals surface area contributed by atoms with Crippen LogP contribution in [0.5, 0.6) is 0 Å². The van der Waals surface area contributed by atoms with Gasteiger partial charge in [-0.3, -0.25) is 4.79 Å². The number of fused-ring (bicyclic) bond motifs is 2. The third-order valence-corrected chi connectivity index (χ3v) is 5.54. The fourth-order valence-electron chi connectivity index (χ4n) is 2.79. The summed E-state index contributed by atoms with van der Waals surface area (Å²) in [7, 11) is 1.82. The molecule has 1 atom stereocenters. The number of aromatic nitrogens is 2. The van der Waals surface area contributed by atoms with Gasteiger partial charge in [-0.05, 0) is 31.2 Å². The zero-order valence-corrected chi connectivity index (χ0v) is 14.3. The lowest BCUT2D eigenvalue weighted by molar-refractivity contribution is 0.0737. The molecule has 1 unspecified atom stereocenters. The van der Waals surface area contributed by atoms with Crippen LogP contribution in [0, 0.1) is 0 Å². The Morgan fingerprint density at radius 3 is 2.71 bits per heavy atom. The number of nitrogens with one attached hydrogen (secondary N) is 1. The number of carbonyl (C=O) groups is 1. The number of carbonyl (C=O) groups excluding carboxylic acids is 1. The normalized spacial score (nSPS) is 12.6. The molecule has 0 fully saturated rings. The van der Waals surface area contributed by atoms with E-state index in [1.54, 1.807) is 16.2 Å². The molecule has 4 aromatic rings. The summed E-state index contributed by atoms with van der Waals surface area (Å²) in [6.07, 6.45) is 0. The minimum absolute atomic E-state index is 0.0297. The highest BCUT2D eigenvalue weighted by Gasteiger charge is 2.23. The van der Waals surface area contributed by atoms with Gasteiger partial charge in [0.05, 0.1) is 16.3 Å². The Balaban J connectivity index is 1.63. The molecular formula is C19H17N3OS. The van der Waals surface area contributed by atoms with Crippen molar-refractivity contribution in [2.45, 2.75) is 13.0 Å². The molecular weight excluding hydrogens is 318 g/mol. The number of rotatable bonds is 3. The zero-order chi connectivity index (χ0) is 16.7. The van der Waals surface area contributed by atoms with Gasteiger partial charge in [-0.1, -0.05) is 30.3 Å². The van der Waals surface area contributed by atoms with Gasteiger partial charge in [0.2, 0.25) is 0 Å². The number of thiazole rings is 1. The molecule has 2 aromatic carbocycles. The van der Waals surface area contributed by atoms with Crippen LogP contribution in [0.1, 0.15) is 28.5 Å². The molecule has 0 aliphatic heterocycles. The van der Waals surface area contributed by atoms with E-state index in [0.29, 0.717) is 5.69 Å². The lowest BCUT2D eigenvalue weighted by Gasteiger charge is -2.22. The van der Waals surface area contributed by atoms with Crippen LogP contribution in [0.25, 0.3) is 21.1 Å². The van der Waals surface area contributed by atoms with E-state index in [-0.39, 0.29) is 11.9 Å². The summed E-state index contributed by atoms with van der Waals surface area (Å²) in [6.45, 7) is 2.01. The number of H-pyrrole nitrogens is 1. The number of aromatic amines is 1. The topological polar surface area (TPSA) is 49.0 Å². The molecule has 4 nitrogen and oxygen atoms in total. The Bertz CT molecular complexity index is 967. The summed E-state index contributed by atoms with van der Waals surface area (Å²) in [4.78, 5) is 22.4. The van der Waals surface area contributed by atoms with E-state index in [9.17, 15) is 4.79 Å². The van der Waals surface area contributed by atoms with Crippen LogP contribution >= 0.6 is 11.3 Å². The molecule has 0 aliphatic carbocycles. The first kappa shape index (κ1) is 14.9. The number of benzene rings is 2. The summed E-state index contributed by atoms with van der Waals surface area (Å²) in [5.41, 5.74) is 2.56. The third kappa shape index (κ3) is 2.47. The number of amides is 1. The van der Waals surface area contributed by atoms with Gasteiger partial charge in [-0.15, -0.1) is 11.3 Å². The highest BCUT2D eigenvalue weighted by Crippen LogP contribution is 2.29. The highest BCUT2D eigenvalue weighted by atomic mass is 32.1. The van der Waals surface area contributed by atoms with E-state index in [1.165, 1.54) is 0 Å². The maximum Gasteiger partial charge on any atom is 0.270 e. The van der Waals surface area contributed by atoms with Gasteiger partial charge in [0.1, 0.15) is 10.7 Å². The smallest absolute Gasteiger partial charge is 0.270 e. The summed E-state index contributed by atoms with van der Waals surface area (Å²) < 4.78 is 1.14. The van der Waals surface area contributed by atoms with Crippen LogP contribution in [-0.2, 0) is 0 Å². The first-order valence-corrected chi connectivity index (χ1v) is 8.65. The Kier molecular flexibility index (Phi) is 3.58. The van der Waals surface area contributed by atoms with Crippen LogP contribution in [0.2, 0.25) is 0 Å². The second-order valence-corrected chi connectivity index (χ2v) is 6.94. The maximum absolute atomic E-state index is 12.8. The molecule has 0 bridgehead atoms. The number of hydrogen-bond donors (Lipinski definition) is 1. The lowest BCUT2D eigenvalue weighted by Crippen LogP contribution is -2.29. The van der Waals surface area contributed by atoms with Crippen LogP contribution in [0.4, 0.5) is 0 Å². The quantitative estimate of drug-likeness (QED) is 0.594. The van der Waals surface area contributed by atoms with Crippen molar-refractivity contribution in [2.24, 2.45) is 0 Å². The SMILES string of the molecule is CC(c1nc2ccccc2s1)N(C)C(=O)c1cc2ccccc2[nH]1. The van der Waals surface area contributed by atoms with Gasteiger partial charge in [0, 0.05) is 18.0 Å². The van der Waals surface area contributed by atoms with E-state index >= 15 is 0 Å². The van der Waals surface area contributed by atoms with Gasteiger partial charge in [0.25, 0.3) is 5.91 Å². The molecule has 0 saturated carbocycles. The van der Waals surface area contributed by atoms with Gasteiger partial charge in [0.15, 0.2) is 0 Å². The number of hydrogen-bond acceptors (Lipinski definition) is 3. The minimum atomic E-state index is -0.0821. The molecule has 1 amide bonds. The van der Waals surface area contributed by atoms with Crippen LogP contribution in [0.3, 0.4) is 0 Å². The van der Waals surface area contributed by atoms with Crippen molar-refractivity contribution < 1.29 is 4.79 Å². The second-order valence-electron chi connectivity index (χ2n) is 5.88. The average molecular weight is 335 g/mol. The van der Waals surface area contributed by atoms with Crippen LogP contribution in [-0.4, -0.2) is 27.8 Å². The van der Waals surface area contributed by atoms with Crippen molar-refractivity contribution in [3.8, 4) is 0 Å². The summed E-state index contributed by atoms with van der Waals surface area (Å²) in [5, 5.41) is 1.99. The van der Waals surface area contributed by atoms with Crippen molar-refractivity contribution in [2.75, 3.05) is 7.05 Å². The molecule has 120 valence electrons. The molecule has 0 aliphatic rings. The van der Waals surface area contributed by atoms with E-state index in [2.05, 4.69) is 16.0 Å². The fourth-order valence-corrected chi connectivity index (χ4v) is 3.85. The van der Waals surface area contributed by atoms with Crippen LogP contribution < -0.4 is 0 Å². The largest absolute Gasteiger partial charge is 0.351 e. The third-order valence-electron chi connectivity index (χ3n) is 4.33. The average Bonchev–Trinajstić information content (AvgIpc) is 3.23. The first-order valence-electron chi connectivity index (χ1n) is 7.84. The van der Waals surface area contributed by atoms with E-state index in [1.807, 2.05) is 62.5 Å². The van der Waals surface area contributed by atoms with Crippen LogP contribution in [0.15, 0.2) is 54.6 Å².